The number of hydrogen-bond acceptors (Lipinski definition) is 5. The van der Waals surface area contributed by atoms with Crippen LogP contribution in [0.2, 0.25) is 0 Å². The van der Waals surface area contributed by atoms with E-state index in [0.29, 0.717) is 24.3 Å². The molecule has 0 saturated heterocycles. The first-order valence-electron chi connectivity index (χ1n) is 6.82. The first-order chi connectivity index (χ1) is 9.99. The van der Waals surface area contributed by atoms with E-state index in [0.717, 1.165) is 6.42 Å². The Morgan fingerprint density at radius 1 is 1.48 bits per heavy atom. The largest absolute Gasteiger partial charge is 0.380 e. The number of nitrogens with zero attached hydrogens (tertiary/aromatic N) is 1. The highest BCUT2D eigenvalue weighted by atomic mass is 16.6. The molecular weight excluding hydrogens is 274 g/mol. The van der Waals surface area contributed by atoms with E-state index in [1.807, 2.05) is 13.8 Å². The molecule has 0 aliphatic rings. The molecule has 0 aliphatic carbocycles. The second-order valence-electron chi connectivity index (χ2n) is 4.67. The zero-order chi connectivity index (χ0) is 15.8. The maximum absolute atomic E-state index is 12.0. The average Bonchev–Trinajstić information content (AvgIpc) is 2.49. The van der Waals surface area contributed by atoms with Crippen molar-refractivity contribution < 1.29 is 14.5 Å². The number of ether oxygens (including phenoxy) is 1. The Morgan fingerprint density at radius 2 is 2.19 bits per heavy atom. The zero-order valence-corrected chi connectivity index (χ0v) is 12.5. The molecule has 1 unspecified atom stereocenters. The van der Waals surface area contributed by atoms with Crippen molar-refractivity contribution in [2.45, 2.75) is 26.4 Å². The van der Waals surface area contributed by atoms with E-state index in [1.165, 1.54) is 18.2 Å². The summed E-state index contributed by atoms with van der Waals surface area (Å²) in [5, 5.41) is 16.7. The SMILES string of the molecule is CCCNc1cc(C(=O)NCC(C)OC)ccc1[N+](=O)[O-]. The Hall–Kier alpha value is -2.15. The molecule has 0 aliphatic heterocycles. The van der Waals surface area contributed by atoms with Crippen LogP contribution >= 0.6 is 0 Å². The van der Waals surface area contributed by atoms with E-state index in [1.54, 1.807) is 7.11 Å². The smallest absolute Gasteiger partial charge is 0.292 e. The second-order valence-corrected chi connectivity index (χ2v) is 4.67. The molecule has 1 aromatic rings. The summed E-state index contributed by atoms with van der Waals surface area (Å²) in [5.41, 5.74) is 0.696. The molecule has 0 radical (unpaired) electrons. The van der Waals surface area contributed by atoms with Crippen LogP contribution in [-0.4, -0.2) is 37.1 Å². The first-order valence-corrected chi connectivity index (χ1v) is 6.82. The molecule has 1 amide bonds. The van der Waals surface area contributed by atoms with Crippen molar-refractivity contribution >= 4 is 17.3 Å². The topological polar surface area (TPSA) is 93.5 Å². The van der Waals surface area contributed by atoms with Crippen LogP contribution in [0.1, 0.15) is 30.6 Å². The fraction of sp³-hybridized carbons (Fsp3) is 0.500. The molecule has 7 heteroatoms. The van der Waals surface area contributed by atoms with Gasteiger partial charge in [-0.25, -0.2) is 0 Å². The lowest BCUT2D eigenvalue weighted by atomic mass is 10.1. The molecule has 1 atom stereocenters. The van der Waals surface area contributed by atoms with Crippen LogP contribution in [0, 0.1) is 10.1 Å². The van der Waals surface area contributed by atoms with Gasteiger partial charge in [0, 0.05) is 31.8 Å². The Bertz CT molecular complexity index is 505. The number of carbonyl (C=O) groups excluding carboxylic acids is 1. The lowest BCUT2D eigenvalue weighted by molar-refractivity contribution is -0.384. The first kappa shape index (κ1) is 16.9. The van der Waals surface area contributed by atoms with Crippen molar-refractivity contribution in [2.75, 3.05) is 25.5 Å². The maximum atomic E-state index is 12.0. The van der Waals surface area contributed by atoms with Gasteiger partial charge in [0.2, 0.25) is 0 Å². The van der Waals surface area contributed by atoms with Crippen molar-refractivity contribution in [3.8, 4) is 0 Å². The van der Waals surface area contributed by atoms with Gasteiger partial charge in [0.15, 0.2) is 0 Å². The fourth-order valence-electron chi connectivity index (χ4n) is 1.66. The van der Waals surface area contributed by atoms with Crippen molar-refractivity contribution in [1.82, 2.24) is 5.32 Å². The van der Waals surface area contributed by atoms with Gasteiger partial charge in [-0.2, -0.15) is 0 Å². The van der Waals surface area contributed by atoms with Crippen LogP contribution in [0.5, 0.6) is 0 Å². The number of hydrogen-bond donors (Lipinski definition) is 2. The van der Waals surface area contributed by atoms with Gasteiger partial charge in [-0.3, -0.25) is 14.9 Å². The normalized spacial score (nSPS) is 11.8. The lowest BCUT2D eigenvalue weighted by Gasteiger charge is -2.12. The van der Waals surface area contributed by atoms with Crippen LogP contribution in [0.3, 0.4) is 0 Å². The van der Waals surface area contributed by atoms with Crippen LogP contribution in [0.15, 0.2) is 18.2 Å². The van der Waals surface area contributed by atoms with E-state index < -0.39 is 4.92 Å². The summed E-state index contributed by atoms with van der Waals surface area (Å²) in [6.45, 7) is 4.78. The fourth-order valence-corrected chi connectivity index (χ4v) is 1.66. The van der Waals surface area contributed by atoms with E-state index in [-0.39, 0.29) is 17.7 Å². The van der Waals surface area contributed by atoms with E-state index in [9.17, 15) is 14.9 Å². The number of rotatable bonds is 8. The summed E-state index contributed by atoms with van der Waals surface area (Å²) in [5.74, 6) is -0.284. The monoisotopic (exact) mass is 295 g/mol. The van der Waals surface area contributed by atoms with Crippen LogP contribution in [-0.2, 0) is 4.74 Å². The lowest BCUT2D eigenvalue weighted by Crippen LogP contribution is -2.31. The number of nitro groups is 1. The molecule has 21 heavy (non-hydrogen) atoms. The standard InChI is InChI=1S/C14H21N3O4/c1-4-7-15-12-8-11(5-6-13(12)17(19)20)14(18)16-9-10(2)21-3/h5-6,8,10,15H,4,7,9H2,1-3H3,(H,16,18). The molecule has 0 aromatic heterocycles. The summed E-state index contributed by atoms with van der Waals surface area (Å²) in [6.07, 6.45) is 0.739. The minimum Gasteiger partial charge on any atom is -0.380 e. The molecule has 0 spiro atoms. The quantitative estimate of drug-likeness (QED) is 0.566. The number of nitrogens with one attached hydrogen (secondary N) is 2. The third-order valence-electron chi connectivity index (χ3n) is 2.97. The average molecular weight is 295 g/mol. The van der Waals surface area contributed by atoms with Crippen molar-refractivity contribution in [1.29, 1.82) is 0 Å². The Kier molecular flexibility index (Phi) is 6.61. The predicted octanol–water partition coefficient (Wildman–Crippen LogP) is 2.18. The van der Waals surface area contributed by atoms with Gasteiger partial charge >= 0.3 is 0 Å². The molecule has 0 bridgehead atoms. The third-order valence-corrected chi connectivity index (χ3v) is 2.97. The highest BCUT2D eigenvalue weighted by Gasteiger charge is 2.16. The minimum absolute atomic E-state index is 0.0368. The van der Waals surface area contributed by atoms with E-state index >= 15 is 0 Å². The van der Waals surface area contributed by atoms with Gasteiger partial charge in [0.1, 0.15) is 5.69 Å². The van der Waals surface area contributed by atoms with Crippen molar-refractivity contribution in [3.63, 3.8) is 0 Å². The number of carbonyl (C=O) groups is 1. The summed E-state index contributed by atoms with van der Waals surface area (Å²) in [7, 11) is 1.56. The molecule has 2 N–H and O–H groups in total. The molecule has 116 valence electrons. The van der Waals surface area contributed by atoms with Gasteiger partial charge in [0.05, 0.1) is 11.0 Å². The van der Waals surface area contributed by atoms with Crippen molar-refractivity contribution in [3.05, 3.63) is 33.9 Å². The summed E-state index contributed by atoms with van der Waals surface area (Å²) in [6, 6.07) is 4.29. The number of benzene rings is 1. The zero-order valence-electron chi connectivity index (χ0n) is 12.5. The molecule has 0 fully saturated rings. The molecule has 0 saturated carbocycles. The van der Waals surface area contributed by atoms with Gasteiger partial charge in [-0.1, -0.05) is 6.92 Å². The molecule has 1 rings (SSSR count). The minimum atomic E-state index is -0.466. The van der Waals surface area contributed by atoms with E-state index in [4.69, 9.17) is 4.74 Å². The second kappa shape index (κ2) is 8.21. The number of nitro benzene ring substituents is 1. The Labute approximate surface area is 123 Å². The molecule has 0 heterocycles. The number of anilines is 1. The number of amides is 1. The summed E-state index contributed by atoms with van der Waals surface area (Å²) >= 11 is 0. The summed E-state index contributed by atoms with van der Waals surface area (Å²) in [4.78, 5) is 22.5. The summed E-state index contributed by atoms with van der Waals surface area (Å²) < 4.78 is 5.05. The Morgan fingerprint density at radius 3 is 2.76 bits per heavy atom. The third kappa shape index (κ3) is 5.03. The van der Waals surface area contributed by atoms with E-state index in [2.05, 4.69) is 10.6 Å². The number of methoxy groups -OCH3 is 1. The molecule has 1 aromatic carbocycles. The van der Waals surface area contributed by atoms with Gasteiger partial charge in [0.25, 0.3) is 11.6 Å². The molecular formula is C14H21N3O4. The highest BCUT2D eigenvalue weighted by Crippen LogP contribution is 2.25. The van der Waals surface area contributed by atoms with Crippen molar-refractivity contribution in [2.24, 2.45) is 0 Å². The van der Waals surface area contributed by atoms with Gasteiger partial charge in [-0.15, -0.1) is 0 Å². The molecule has 7 nitrogen and oxygen atoms in total. The van der Waals surface area contributed by atoms with Gasteiger partial charge < -0.3 is 15.4 Å². The van der Waals surface area contributed by atoms with Crippen LogP contribution in [0.4, 0.5) is 11.4 Å². The highest BCUT2D eigenvalue weighted by molar-refractivity contribution is 5.95. The maximum Gasteiger partial charge on any atom is 0.292 e. The Balaban J connectivity index is 2.88. The van der Waals surface area contributed by atoms with Crippen LogP contribution in [0.25, 0.3) is 0 Å². The van der Waals surface area contributed by atoms with Gasteiger partial charge in [-0.05, 0) is 25.5 Å². The predicted molar refractivity (Wildman–Crippen MR) is 80.7 cm³/mol. The van der Waals surface area contributed by atoms with Crippen LogP contribution < -0.4 is 10.6 Å².